The normalized spacial score (nSPS) is 10.8. The molecule has 3 heteroatoms. The molecule has 0 fully saturated rings. The van der Waals surface area contributed by atoms with Crippen molar-refractivity contribution in [3.8, 4) is 0 Å². The first kappa shape index (κ1) is 8.64. The van der Waals surface area contributed by atoms with E-state index in [1.54, 1.807) is 0 Å². The molecule has 0 spiro atoms. The molecule has 1 aromatic heterocycles. The zero-order valence-electron chi connectivity index (χ0n) is 6.50. The van der Waals surface area contributed by atoms with Gasteiger partial charge in [-0.2, -0.15) is 10.2 Å². The van der Waals surface area contributed by atoms with Crippen LogP contribution in [0.4, 0.5) is 0 Å². The highest BCUT2D eigenvalue weighted by Crippen LogP contribution is 2.09. The van der Waals surface area contributed by atoms with E-state index in [2.05, 4.69) is 32.8 Å². The zero-order valence-corrected chi connectivity index (χ0v) is 8.66. The summed E-state index contributed by atoms with van der Waals surface area (Å²) in [6.07, 6.45) is 3.89. The van der Waals surface area contributed by atoms with Gasteiger partial charge in [0.2, 0.25) is 0 Å². The third-order valence-corrected chi connectivity index (χ3v) is 2.37. The minimum absolute atomic E-state index is 0.919. The predicted octanol–water partition coefficient (Wildman–Crippen LogP) is 2.42. The Morgan fingerprint density at radius 2 is 2.18 bits per heavy atom. The van der Waals surface area contributed by atoms with Gasteiger partial charge in [0.15, 0.2) is 0 Å². The average molecular weight is 260 g/mol. The smallest absolute Gasteiger partial charge is 0.0864 e. The summed E-state index contributed by atoms with van der Waals surface area (Å²) in [5.41, 5.74) is 1.90. The summed E-state index contributed by atoms with van der Waals surface area (Å²) < 4.78 is 1.16. The van der Waals surface area contributed by atoms with E-state index in [0.717, 1.165) is 15.0 Å². The summed E-state index contributed by atoms with van der Waals surface area (Å²) in [7, 11) is 0. The fraction of sp³-hybridized carbons (Fsp3) is 0.250. The van der Waals surface area contributed by atoms with Gasteiger partial charge in [-0.3, -0.25) is 0 Å². The number of hydrogen-bond donors (Lipinski definition) is 0. The highest BCUT2D eigenvalue weighted by atomic mass is 127. The van der Waals surface area contributed by atoms with E-state index in [1.165, 1.54) is 0 Å². The maximum absolute atomic E-state index is 3.99. The van der Waals surface area contributed by atoms with Crippen molar-refractivity contribution >= 4 is 28.7 Å². The average Bonchev–Trinajstić information content (AvgIpc) is 1.98. The Kier molecular flexibility index (Phi) is 2.99. The number of rotatable bonds is 1. The number of nitrogens with zero attached hydrogens (tertiary/aromatic N) is 2. The molecular formula is C8H9IN2. The standard InChI is InChI=1S/C8H9IN2/c1-3-4-7-5-8(9)6(2)10-11-7/h3-5H,1-2H3/b4-3+. The lowest BCUT2D eigenvalue weighted by Crippen LogP contribution is -1.92. The van der Waals surface area contributed by atoms with Crippen molar-refractivity contribution in [2.24, 2.45) is 0 Å². The van der Waals surface area contributed by atoms with Crippen molar-refractivity contribution in [3.63, 3.8) is 0 Å². The van der Waals surface area contributed by atoms with Crippen LogP contribution in [0.1, 0.15) is 18.3 Å². The largest absolute Gasteiger partial charge is 0.154 e. The molecule has 1 aromatic rings. The molecule has 1 heterocycles. The first-order chi connectivity index (χ1) is 5.24. The van der Waals surface area contributed by atoms with E-state index in [-0.39, 0.29) is 0 Å². The summed E-state index contributed by atoms with van der Waals surface area (Å²) in [5.74, 6) is 0. The van der Waals surface area contributed by atoms with Crippen LogP contribution in [0, 0.1) is 10.5 Å². The van der Waals surface area contributed by atoms with Gasteiger partial charge >= 0.3 is 0 Å². The van der Waals surface area contributed by atoms with Crippen LogP contribution in [0.5, 0.6) is 0 Å². The number of aromatic nitrogens is 2. The molecule has 0 aliphatic carbocycles. The first-order valence-corrected chi connectivity index (χ1v) is 4.44. The molecule has 58 valence electrons. The van der Waals surface area contributed by atoms with Crippen LogP contribution in [0.2, 0.25) is 0 Å². The Morgan fingerprint density at radius 1 is 1.45 bits per heavy atom. The van der Waals surface area contributed by atoms with Crippen molar-refractivity contribution < 1.29 is 0 Å². The molecule has 0 unspecified atom stereocenters. The van der Waals surface area contributed by atoms with E-state index in [9.17, 15) is 0 Å². The Labute approximate surface area is 79.9 Å². The van der Waals surface area contributed by atoms with E-state index in [4.69, 9.17) is 0 Å². The van der Waals surface area contributed by atoms with Gasteiger partial charge in [0.1, 0.15) is 0 Å². The van der Waals surface area contributed by atoms with Crippen LogP contribution in [-0.2, 0) is 0 Å². The number of halogens is 1. The fourth-order valence-corrected chi connectivity index (χ4v) is 1.12. The van der Waals surface area contributed by atoms with Crippen molar-refractivity contribution in [2.75, 3.05) is 0 Å². The molecule has 0 bridgehead atoms. The number of aryl methyl sites for hydroxylation is 1. The molecule has 0 N–H and O–H groups in total. The fourth-order valence-electron chi connectivity index (χ4n) is 0.696. The molecule has 0 aliphatic heterocycles. The lowest BCUT2D eigenvalue weighted by molar-refractivity contribution is 0.959. The minimum Gasteiger partial charge on any atom is -0.154 e. The summed E-state index contributed by atoms with van der Waals surface area (Å²) in [6, 6.07) is 2.02. The third kappa shape index (κ3) is 2.25. The summed E-state index contributed by atoms with van der Waals surface area (Å²) in [5, 5.41) is 7.98. The second-order valence-corrected chi connectivity index (χ2v) is 3.36. The van der Waals surface area contributed by atoms with Crippen LogP contribution in [-0.4, -0.2) is 10.2 Å². The van der Waals surface area contributed by atoms with Gasteiger partial charge in [0, 0.05) is 3.57 Å². The molecule has 0 atom stereocenters. The summed E-state index contributed by atoms with van der Waals surface area (Å²) in [6.45, 7) is 3.92. The van der Waals surface area contributed by atoms with E-state index in [0.29, 0.717) is 0 Å². The molecule has 0 saturated heterocycles. The van der Waals surface area contributed by atoms with Gasteiger partial charge in [-0.1, -0.05) is 6.08 Å². The van der Waals surface area contributed by atoms with Gasteiger partial charge in [-0.05, 0) is 48.6 Å². The Morgan fingerprint density at radius 3 is 2.73 bits per heavy atom. The maximum atomic E-state index is 3.99. The third-order valence-electron chi connectivity index (χ3n) is 1.27. The van der Waals surface area contributed by atoms with Gasteiger partial charge in [-0.25, -0.2) is 0 Å². The van der Waals surface area contributed by atoms with E-state index >= 15 is 0 Å². The topological polar surface area (TPSA) is 25.8 Å². The second-order valence-electron chi connectivity index (χ2n) is 2.20. The molecular weight excluding hydrogens is 251 g/mol. The molecule has 0 saturated carbocycles. The van der Waals surface area contributed by atoms with E-state index < -0.39 is 0 Å². The van der Waals surface area contributed by atoms with Crippen molar-refractivity contribution in [3.05, 3.63) is 27.1 Å². The lowest BCUT2D eigenvalue weighted by Gasteiger charge is -1.95. The molecule has 0 amide bonds. The minimum atomic E-state index is 0.919. The van der Waals surface area contributed by atoms with Crippen LogP contribution < -0.4 is 0 Å². The van der Waals surface area contributed by atoms with Crippen molar-refractivity contribution in [1.29, 1.82) is 0 Å². The van der Waals surface area contributed by atoms with Crippen LogP contribution in [0.15, 0.2) is 12.1 Å². The van der Waals surface area contributed by atoms with Gasteiger partial charge in [0.05, 0.1) is 11.4 Å². The zero-order chi connectivity index (χ0) is 8.27. The Balaban J connectivity index is 3.05. The summed E-state index contributed by atoms with van der Waals surface area (Å²) in [4.78, 5) is 0. The predicted molar refractivity (Wildman–Crippen MR) is 54.2 cm³/mol. The summed E-state index contributed by atoms with van der Waals surface area (Å²) >= 11 is 2.25. The highest BCUT2D eigenvalue weighted by molar-refractivity contribution is 14.1. The highest BCUT2D eigenvalue weighted by Gasteiger charge is 1.95. The quantitative estimate of drug-likeness (QED) is 0.725. The van der Waals surface area contributed by atoms with Gasteiger partial charge in [0.25, 0.3) is 0 Å². The van der Waals surface area contributed by atoms with E-state index in [1.807, 2.05) is 32.1 Å². The molecule has 1 rings (SSSR count). The van der Waals surface area contributed by atoms with Gasteiger partial charge < -0.3 is 0 Å². The van der Waals surface area contributed by atoms with Gasteiger partial charge in [-0.15, -0.1) is 0 Å². The monoisotopic (exact) mass is 260 g/mol. The molecule has 11 heavy (non-hydrogen) atoms. The van der Waals surface area contributed by atoms with Crippen LogP contribution >= 0.6 is 22.6 Å². The van der Waals surface area contributed by atoms with Crippen LogP contribution in [0.25, 0.3) is 6.08 Å². The number of allylic oxidation sites excluding steroid dienone is 1. The molecule has 0 radical (unpaired) electrons. The molecule has 0 aliphatic rings. The lowest BCUT2D eigenvalue weighted by atomic mass is 10.3. The molecule has 2 nitrogen and oxygen atoms in total. The van der Waals surface area contributed by atoms with Crippen LogP contribution in [0.3, 0.4) is 0 Å². The number of hydrogen-bond acceptors (Lipinski definition) is 2. The maximum Gasteiger partial charge on any atom is 0.0864 e. The second kappa shape index (κ2) is 3.80. The Hall–Kier alpha value is -0.450. The van der Waals surface area contributed by atoms with Crippen molar-refractivity contribution in [2.45, 2.75) is 13.8 Å². The Bertz CT molecular complexity index is 281. The van der Waals surface area contributed by atoms with Crippen molar-refractivity contribution in [1.82, 2.24) is 10.2 Å². The molecule has 0 aromatic carbocycles. The first-order valence-electron chi connectivity index (χ1n) is 3.36. The SMILES string of the molecule is C/C=C/c1cc(I)c(C)nn1.